The van der Waals surface area contributed by atoms with Gasteiger partial charge in [-0.2, -0.15) is 0 Å². The van der Waals surface area contributed by atoms with Crippen molar-refractivity contribution in [1.82, 2.24) is 4.90 Å². The molecule has 5 nitrogen and oxygen atoms in total. The molecule has 19 heavy (non-hydrogen) atoms. The molecule has 1 rings (SSSR count). The average molecular weight is 282 g/mol. The van der Waals surface area contributed by atoms with Crippen LogP contribution in [-0.2, 0) is 4.79 Å². The minimum absolute atomic E-state index is 0.365. The molecule has 2 amide bonds. The molecule has 0 aromatic heterocycles. The Morgan fingerprint density at radius 1 is 1.47 bits per heavy atom. The smallest absolute Gasteiger partial charge is 0.326 e. The van der Waals surface area contributed by atoms with Gasteiger partial charge in [0.2, 0.25) is 0 Å². The quantitative estimate of drug-likeness (QED) is 0.815. The Bertz CT molecular complexity index is 465. The van der Waals surface area contributed by atoms with E-state index in [4.69, 9.17) is 5.11 Å². The van der Waals surface area contributed by atoms with Gasteiger partial charge in [0.1, 0.15) is 6.04 Å². The standard InChI is InChI=1S/C13H18N2O3S/c1-4-11(12(16)17)15(2)13(18)14-9-6-5-7-10(8-9)19-3/h5-8,11H,4H2,1-3H3,(H,14,18)(H,16,17). The Hall–Kier alpha value is -1.69. The molecule has 0 radical (unpaired) electrons. The van der Waals surface area contributed by atoms with Crippen LogP contribution in [0.25, 0.3) is 0 Å². The van der Waals surface area contributed by atoms with E-state index in [2.05, 4.69) is 5.32 Å². The zero-order chi connectivity index (χ0) is 14.4. The number of likely N-dealkylation sites (N-methyl/N-ethyl adjacent to an activating group) is 1. The first-order valence-corrected chi connectivity index (χ1v) is 7.12. The summed E-state index contributed by atoms with van der Waals surface area (Å²) >= 11 is 1.58. The van der Waals surface area contributed by atoms with Gasteiger partial charge in [-0.25, -0.2) is 9.59 Å². The minimum atomic E-state index is -1.00. The van der Waals surface area contributed by atoms with Gasteiger partial charge in [0.25, 0.3) is 0 Å². The monoisotopic (exact) mass is 282 g/mol. The maximum absolute atomic E-state index is 12.0. The number of carboxylic acid groups (broad SMARTS) is 1. The van der Waals surface area contributed by atoms with Crippen molar-refractivity contribution in [2.75, 3.05) is 18.6 Å². The lowest BCUT2D eigenvalue weighted by atomic mass is 10.2. The molecule has 104 valence electrons. The van der Waals surface area contributed by atoms with Gasteiger partial charge in [-0.3, -0.25) is 0 Å². The van der Waals surface area contributed by atoms with Crippen LogP contribution in [0, 0.1) is 0 Å². The number of carbonyl (C=O) groups is 2. The van der Waals surface area contributed by atoms with Crippen LogP contribution >= 0.6 is 11.8 Å². The van der Waals surface area contributed by atoms with Crippen LogP contribution in [-0.4, -0.2) is 41.4 Å². The lowest BCUT2D eigenvalue weighted by molar-refractivity contribution is -0.141. The van der Waals surface area contributed by atoms with Gasteiger partial charge in [0.05, 0.1) is 0 Å². The number of thioether (sulfide) groups is 1. The number of aliphatic carboxylic acids is 1. The second kappa shape index (κ2) is 7.04. The summed E-state index contributed by atoms with van der Waals surface area (Å²) in [6.45, 7) is 1.73. The molecule has 0 saturated heterocycles. The Labute approximate surface area is 117 Å². The summed E-state index contributed by atoms with van der Waals surface area (Å²) in [4.78, 5) is 25.2. The zero-order valence-electron chi connectivity index (χ0n) is 11.2. The van der Waals surface area contributed by atoms with Crippen molar-refractivity contribution in [2.24, 2.45) is 0 Å². The number of hydrogen-bond acceptors (Lipinski definition) is 3. The number of anilines is 1. The summed E-state index contributed by atoms with van der Waals surface area (Å²) in [5, 5.41) is 11.7. The van der Waals surface area contributed by atoms with Gasteiger partial charge >= 0.3 is 12.0 Å². The predicted octanol–water partition coefficient (Wildman–Crippen LogP) is 2.74. The summed E-state index contributed by atoms with van der Waals surface area (Å²) < 4.78 is 0. The molecule has 1 aromatic carbocycles. The molecule has 1 aromatic rings. The molecule has 0 fully saturated rings. The molecule has 0 aliphatic carbocycles. The zero-order valence-corrected chi connectivity index (χ0v) is 12.0. The molecular formula is C13H18N2O3S. The molecule has 2 N–H and O–H groups in total. The first kappa shape index (κ1) is 15.4. The van der Waals surface area contributed by atoms with Crippen LogP contribution in [0.5, 0.6) is 0 Å². The lowest BCUT2D eigenvalue weighted by Gasteiger charge is -2.24. The number of amides is 2. The third-order valence-corrected chi connectivity index (χ3v) is 3.51. The van der Waals surface area contributed by atoms with E-state index in [0.29, 0.717) is 12.1 Å². The molecule has 0 saturated carbocycles. The highest BCUT2D eigenvalue weighted by Crippen LogP contribution is 2.19. The van der Waals surface area contributed by atoms with Crippen molar-refractivity contribution in [3.05, 3.63) is 24.3 Å². The summed E-state index contributed by atoms with van der Waals surface area (Å²) in [7, 11) is 1.48. The second-order valence-electron chi connectivity index (χ2n) is 4.04. The van der Waals surface area contributed by atoms with Gasteiger partial charge in [0.15, 0.2) is 0 Å². The fraction of sp³-hybridized carbons (Fsp3) is 0.385. The topological polar surface area (TPSA) is 69.6 Å². The Morgan fingerprint density at radius 3 is 2.68 bits per heavy atom. The number of benzene rings is 1. The van der Waals surface area contributed by atoms with Crippen molar-refractivity contribution in [1.29, 1.82) is 0 Å². The third kappa shape index (κ3) is 4.17. The first-order chi connectivity index (χ1) is 8.99. The highest BCUT2D eigenvalue weighted by atomic mass is 32.2. The molecule has 0 aliphatic rings. The molecule has 0 spiro atoms. The number of nitrogens with one attached hydrogen (secondary N) is 1. The Morgan fingerprint density at radius 2 is 2.16 bits per heavy atom. The number of carboxylic acids is 1. The third-order valence-electron chi connectivity index (χ3n) is 2.78. The van der Waals surface area contributed by atoms with E-state index in [1.54, 1.807) is 24.8 Å². The SMILES string of the molecule is CCC(C(=O)O)N(C)C(=O)Nc1cccc(SC)c1. The van der Waals surface area contributed by atoms with Crippen LogP contribution in [0.2, 0.25) is 0 Å². The van der Waals surface area contributed by atoms with Gasteiger partial charge in [-0.15, -0.1) is 11.8 Å². The van der Waals surface area contributed by atoms with E-state index in [1.807, 2.05) is 24.5 Å². The second-order valence-corrected chi connectivity index (χ2v) is 4.91. The Balaban J connectivity index is 2.75. The molecule has 1 unspecified atom stereocenters. The maximum atomic E-state index is 12.0. The van der Waals surface area contributed by atoms with Crippen LogP contribution in [0.4, 0.5) is 10.5 Å². The summed E-state index contributed by atoms with van der Waals surface area (Å²) in [6, 6.07) is 6.16. The first-order valence-electron chi connectivity index (χ1n) is 5.90. The van der Waals surface area contributed by atoms with Crippen molar-refractivity contribution < 1.29 is 14.7 Å². The number of hydrogen-bond donors (Lipinski definition) is 2. The summed E-state index contributed by atoms with van der Waals surface area (Å²) in [6.07, 6.45) is 2.31. The predicted molar refractivity (Wildman–Crippen MR) is 76.7 cm³/mol. The largest absolute Gasteiger partial charge is 0.480 e. The lowest BCUT2D eigenvalue weighted by Crippen LogP contribution is -2.44. The Kier molecular flexibility index (Phi) is 5.69. The van der Waals surface area contributed by atoms with Gasteiger partial charge < -0.3 is 15.3 Å². The van der Waals surface area contributed by atoms with Gasteiger partial charge in [-0.1, -0.05) is 13.0 Å². The number of urea groups is 1. The van der Waals surface area contributed by atoms with Crippen molar-refractivity contribution >= 4 is 29.4 Å². The van der Waals surface area contributed by atoms with E-state index in [9.17, 15) is 9.59 Å². The van der Waals surface area contributed by atoms with E-state index in [0.717, 1.165) is 4.90 Å². The minimum Gasteiger partial charge on any atom is -0.480 e. The summed E-state index contributed by atoms with van der Waals surface area (Å²) in [5.74, 6) is -1.00. The molecular weight excluding hydrogens is 264 g/mol. The molecule has 0 aliphatic heterocycles. The highest BCUT2D eigenvalue weighted by Gasteiger charge is 2.24. The van der Waals surface area contributed by atoms with Crippen molar-refractivity contribution in [3.63, 3.8) is 0 Å². The average Bonchev–Trinajstić information content (AvgIpc) is 2.39. The van der Waals surface area contributed by atoms with E-state index in [1.165, 1.54) is 11.9 Å². The molecule has 0 heterocycles. The maximum Gasteiger partial charge on any atom is 0.326 e. The van der Waals surface area contributed by atoms with E-state index in [-0.39, 0.29) is 0 Å². The fourth-order valence-electron chi connectivity index (χ4n) is 1.67. The summed E-state index contributed by atoms with van der Waals surface area (Å²) in [5.41, 5.74) is 0.656. The van der Waals surface area contributed by atoms with Crippen molar-refractivity contribution in [3.8, 4) is 0 Å². The van der Waals surface area contributed by atoms with Crippen LogP contribution in [0.3, 0.4) is 0 Å². The molecule has 6 heteroatoms. The normalized spacial score (nSPS) is 11.7. The molecule has 0 bridgehead atoms. The fourth-order valence-corrected chi connectivity index (χ4v) is 2.13. The number of nitrogens with zero attached hydrogens (tertiary/aromatic N) is 1. The highest BCUT2D eigenvalue weighted by molar-refractivity contribution is 7.98. The van der Waals surface area contributed by atoms with Gasteiger partial charge in [-0.05, 0) is 30.9 Å². The van der Waals surface area contributed by atoms with Crippen molar-refractivity contribution in [2.45, 2.75) is 24.3 Å². The van der Waals surface area contributed by atoms with Crippen LogP contribution < -0.4 is 5.32 Å². The van der Waals surface area contributed by atoms with Crippen LogP contribution in [0.15, 0.2) is 29.2 Å². The van der Waals surface area contributed by atoms with Gasteiger partial charge in [0, 0.05) is 17.6 Å². The van der Waals surface area contributed by atoms with Crippen LogP contribution in [0.1, 0.15) is 13.3 Å². The number of carbonyl (C=O) groups excluding carboxylic acids is 1. The van der Waals surface area contributed by atoms with E-state index >= 15 is 0 Å². The molecule has 1 atom stereocenters. The number of rotatable bonds is 5. The van der Waals surface area contributed by atoms with E-state index < -0.39 is 18.0 Å².